The lowest BCUT2D eigenvalue weighted by Crippen LogP contribution is -2.61. The van der Waals surface area contributed by atoms with E-state index in [-0.39, 0.29) is 76.6 Å². The number of amides is 17. The first kappa shape index (κ1) is 99.1. The molecule has 3 aliphatic heterocycles. The van der Waals surface area contributed by atoms with Gasteiger partial charge in [0.15, 0.2) is 0 Å². The molecule has 42 nitrogen and oxygen atoms in total. The van der Waals surface area contributed by atoms with Crippen molar-refractivity contribution in [3.63, 3.8) is 0 Å². The van der Waals surface area contributed by atoms with Gasteiger partial charge in [-0.05, 0) is 106 Å². The number of nitrogens with two attached hydrogens (primary N) is 3. The number of unbranched alkanes of at least 4 members (excludes halogenated alkanes) is 1. The summed E-state index contributed by atoms with van der Waals surface area (Å²) in [6.07, 6.45) is -0.788. The van der Waals surface area contributed by atoms with Crippen molar-refractivity contribution in [2.45, 2.75) is 201 Å². The van der Waals surface area contributed by atoms with Crippen molar-refractivity contribution in [3.05, 3.63) is 102 Å². The Labute approximate surface area is 730 Å². The number of fused-ring (bicyclic) bond motifs is 4. The van der Waals surface area contributed by atoms with Crippen LogP contribution in [0.1, 0.15) is 108 Å². The predicted molar refractivity (Wildman–Crippen MR) is 457 cm³/mol. The van der Waals surface area contributed by atoms with E-state index in [9.17, 15) is 87.9 Å². The fraction of sp³-hybridized carbons (Fsp3) is 0.530. The number of nitrogens with one attached hydrogen (secondary N) is 12. The van der Waals surface area contributed by atoms with E-state index in [0.717, 1.165) is 36.3 Å². The summed E-state index contributed by atoms with van der Waals surface area (Å²) in [5.41, 5.74) is 19.6. The number of aromatic amines is 2. The largest absolute Gasteiger partial charge is 0.508 e. The Kier molecular flexibility index (Phi) is 37.1. The van der Waals surface area contributed by atoms with Gasteiger partial charge in [-0.25, -0.2) is 0 Å². The van der Waals surface area contributed by atoms with Gasteiger partial charge >= 0.3 is 0 Å². The summed E-state index contributed by atoms with van der Waals surface area (Å²) in [5.74, 6) is -17.9. The van der Waals surface area contributed by atoms with Crippen LogP contribution in [0.2, 0.25) is 0 Å². The molecule has 23 N–H and O–H groups in total. The summed E-state index contributed by atoms with van der Waals surface area (Å²) in [5, 5.41) is 79.8. The van der Waals surface area contributed by atoms with Crippen LogP contribution in [0.3, 0.4) is 0 Å². The van der Waals surface area contributed by atoms with Gasteiger partial charge in [-0.15, -0.1) is 11.8 Å². The summed E-state index contributed by atoms with van der Waals surface area (Å²) in [6, 6.07) is -2.88. The van der Waals surface area contributed by atoms with Gasteiger partial charge in [-0.3, -0.25) is 81.5 Å². The standard InChI is InChI=1S/C83H116N20O22S/c1-7-8-20-64-76(118)96-61(36-67(85)109)83(125)102-29-14-21-65(102)77(119)97-62(41-106)75(117)93-57(27-31-105)82(124)103-40-50(108)35-66(103)78(120)94-58(33-47-37-87-53-17-11-9-15-51(47)53)74(116)92-56(26-30-104)73(115)95-60(34-48-38-88-54-18-12-10-16-52(48)54)80(122)100(5)45(3)79(121)99(4)44(2)70(112)91-55(19-13-28-84)72(114)98-63(71(113)89-39-68(86)110)42-126-43-69(111)90-59(81(123)101(64)6)32-46-22-24-49(107)25-23-46/h9-12,15-18,22-25,37-38,44-45,50,55-66,87-88,104-108H,7-8,13-14,19-21,26-36,39-43,84H2,1-6H3,(H2,85,109)(H2,86,110)(H,89,113)(H,90,111)(H,91,112)(H,92,116)(H,93,117)(H,94,120)(H,95,115)(H,96,118)(H,97,119)(H,98,114)/t44-,45-,50+,55-,56-,57-,58-,59-,60-,61-,62-,63?,64-,65-,66?/m0/s1. The minimum absolute atomic E-state index is 0.00687. The molecule has 3 aromatic carbocycles. The van der Waals surface area contributed by atoms with Crippen LogP contribution in [0.4, 0.5) is 0 Å². The Balaban J connectivity index is 1.15. The fourth-order valence-electron chi connectivity index (χ4n) is 15.2. The van der Waals surface area contributed by atoms with Crippen LogP contribution >= 0.6 is 11.8 Å². The number of rotatable bonds is 22. The molecule has 8 rings (SSSR count). The number of aromatic hydroxyl groups is 1. The average molecular weight is 1780 g/mol. The molecule has 2 aromatic heterocycles. The Morgan fingerprint density at radius 1 is 0.516 bits per heavy atom. The number of phenols is 1. The lowest BCUT2D eigenvalue weighted by molar-refractivity contribution is -0.148. The zero-order chi connectivity index (χ0) is 92.3. The zero-order valence-electron chi connectivity index (χ0n) is 71.1. The van der Waals surface area contributed by atoms with Crippen LogP contribution < -0.4 is 70.4 Å². The Hall–Kier alpha value is -12.3. The van der Waals surface area contributed by atoms with E-state index in [2.05, 4.69) is 63.1 Å². The second-order valence-electron chi connectivity index (χ2n) is 31.6. The molecule has 126 heavy (non-hydrogen) atoms. The maximum atomic E-state index is 15.2. The minimum Gasteiger partial charge on any atom is -0.508 e. The molecule has 0 radical (unpaired) electrons. The van der Waals surface area contributed by atoms with Crippen molar-refractivity contribution in [1.82, 2.24) is 87.6 Å². The number of hydrogen-bond donors (Lipinski definition) is 20. The maximum absolute atomic E-state index is 15.2. The maximum Gasteiger partial charge on any atom is 0.246 e. The van der Waals surface area contributed by atoms with Crippen molar-refractivity contribution >= 4 is 134 Å². The molecule has 686 valence electrons. The molecule has 2 unspecified atom stereocenters. The lowest BCUT2D eigenvalue weighted by atomic mass is 10.0. The highest BCUT2D eigenvalue weighted by Crippen LogP contribution is 2.27. The molecule has 3 aliphatic rings. The van der Waals surface area contributed by atoms with E-state index in [1.54, 1.807) is 67.8 Å². The molecule has 5 heterocycles. The van der Waals surface area contributed by atoms with Gasteiger partial charge in [0, 0.05) is 113 Å². The first-order valence-corrected chi connectivity index (χ1v) is 42.8. The third-order valence-corrected chi connectivity index (χ3v) is 23.6. The van der Waals surface area contributed by atoms with E-state index in [0.29, 0.717) is 44.9 Å². The van der Waals surface area contributed by atoms with Crippen LogP contribution in [-0.2, 0) is 101 Å². The molecule has 15 atom stereocenters. The number of hydrogen-bond acceptors (Lipinski definition) is 24. The SMILES string of the molecule is CCCC[C@H]1C(=O)N[C@@H](CC(N)=O)C(=O)N2CCC[C@H]2C(=O)N[C@@H](CO)C(=O)N[C@@H](CCO)C(=O)N2C[C@H](O)CC2C(=O)N[C@@H](Cc2c[nH]c3ccccc23)C(=O)N[C@@H](CCO)C(=O)N[C@@H](Cc2c[nH]c3ccccc23)C(=O)N(C)[C@@H](C)C(=O)N(C)[C@@H](C)C(=O)N[C@@H](CCCN)C(=O)NC(C(=O)NCC(N)=O)CSCC(=O)N[C@@H](Cc2ccc(O)cc2)C(=O)N1C. The van der Waals surface area contributed by atoms with Crippen LogP contribution in [0.25, 0.3) is 21.8 Å². The van der Waals surface area contributed by atoms with Crippen molar-refractivity contribution < 1.29 is 107 Å². The Bertz CT molecular complexity index is 4740. The topological polar surface area (TPSA) is 637 Å². The molecule has 17 amide bonds. The first-order valence-electron chi connectivity index (χ1n) is 41.7. The Morgan fingerprint density at radius 3 is 1.64 bits per heavy atom. The number of primary amides is 2. The predicted octanol–water partition coefficient (Wildman–Crippen LogP) is -5.87. The quantitative estimate of drug-likeness (QED) is 0.0307. The van der Waals surface area contributed by atoms with E-state index in [4.69, 9.17) is 17.2 Å². The van der Waals surface area contributed by atoms with Crippen LogP contribution in [0.5, 0.6) is 5.75 Å². The summed E-state index contributed by atoms with van der Waals surface area (Å²) in [6.45, 7) is 0.336. The van der Waals surface area contributed by atoms with Crippen molar-refractivity contribution in [1.29, 1.82) is 0 Å². The highest BCUT2D eigenvalue weighted by molar-refractivity contribution is 8.00. The number of benzene rings is 3. The number of carbonyl (C=O) groups is 17. The molecular weight excluding hydrogens is 1660 g/mol. The molecular formula is C83H116N20O22S. The Morgan fingerprint density at radius 2 is 1.03 bits per heavy atom. The summed E-state index contributed by atoms with van der Waals surface area (Å²) < 4.78 is 0. The van der Waals surface area contributed by atoms with Crippen LogP contribution in [0.15, 0.2) is 85.2 Å². The molecule has 43 heteroatoms. The number of aliphatic hydroxyl groups is 4. The number of thioether (sulfide) groups is 1. The number of H-pyrrole nitrogens is 2. The summed E-state index contributed by atoms with van der Waals surface area (Å²) in [7, 11) is 3.76. The van der Waals surface area contributed by atoms with Gasteiger partial charge in [0.25, 0.3) is 0 Å². The zero-order valence-corrected chi connectivity index (χ0v) is 71.9. The molecule has 3 saturated heterocycles. The van der Waals surface area contributed by atoms with E-state index in [1.165, 1.54) is 59.3 Å². The van der Waals surface area contributed by atoms with E-state index in [1.807, 2.05) is 0 Å². The van der Waals surface area contributed by atoms with Crippen molar-refractivity contribution in [2.75, 3.05) is 78.6 Å². The number of aliphatic hydroxyl groups excluding tert-OH is 4. The number of para-hydroxylation sites is 2. The minimum atomic E-state index is -1.90. The highest BCUT2D eigenvalue weighted by atomic mass is 32.2. The molecule has 0 saturated carbocycles. The van der Waals surface area contributed by atoms with Crippen molar-refractivity contribution in [2.24, 2.45) is 17.2 Å². The number of likely N-dealkylation sites (N-methyl/N-ethyl adjacent to an activating group) is 3. The molecule has 5 aromatic rings. The lowest BCUT2D eigenvalue weighted by Gasteiger charge is -2.34. The smallest absolute Gasteiger partial charge is 0.246 e. The number of carbonyl (C=O) groups excluding carboxylic acids is 17. The van der Waals surface area contributed by atoms with Gasteiger partial charge in [0.2, 0.25) is 100 Å². The third-order valence-electron chi connectivity index (χ3n) is 22.5. The van der Waals surface area contributed by atoms with Crippen molar-refractivity contribution in [3.8, 4) is 5.75 Å². The molecule has 0 spiro atoms. The fourth-order valence-corrected chi connectivity index (χ4v) is 16.1. The van der Waals surface area contributed by atoms with Crippen LogP contribution in [-0.4, -0.2) is 330 Å². The first-order chi connectivity index (χ1) is 60.0. The van der Waals surface area contributed by atoms with Gasteiger partial charge in [-0.2, -0.15) is 0 Å². The number of nitrogens with zero attached hydrogens (tertiary/aromatic N) is 5. The average Bonchev–Trinajstić information content (AvgIpc) is 1.63. The van der Waals surface area contributed by atoms with Gasteiger partial charge < -0.3 is 130 Å². The second-order valence-corrected chi connectivity index (χ2v) is 32.6. The second kappa shape index (κ2) is 47.1. The number of phenolic OH excluding ortho intramolecular Hbond substituents is 1. The van der Waals surface area contributed by atoms with Gasteiger partial charge in [-0.1, -0.05) is 68.3 Å². The monoisotopic (exact) mass is 1780 g/mol. The summed E-state index contributed by atoms with van der Waals surface area (Å²) in [4.78, 5) is 256. The highest BCUT2D eigenvalue weighted by Gasteiger charge is 2.46. The molecule has 0 bridgehead atoms. The third kappa shape index (κ3) is 26.6. The normalized spacial score (nSPS) is 25.7. The van der Waals surface area contributed by atoms with E-state index >= 15 is 19.2 Å². The molecule has 3 fully saturated rings. The van der Waals surface area contributed by atoms with E-state index < -0.39 is 261 Å². The van der Waals surface area contributed by atoms with Gasteiger partial charge in [0.1, 0.15) is 90.3 Å². The van der Waals surface area contributed by atoms with Crippen LogP contribution in [0, 0.1) is 0 Å². The number of aromatic nitrogens is 2. The summed E-state index contributed by atoms with van der Waals surface area (Å²) >= 11 is 0.765. The molecule has 0 aliphatic carbocycles. The van der Waals surface area contributed by atoms with Gasteiger partial charge in [0.05, 0.1) is 31.4 Å².